The van der Waals surface area contributed by atoms with E-state index in [1.807, 2.05) is 6.07 Å². The van der Waals surface area contributed by atoms with Crippen LogP contribution in [-0.4, -0.2) is 21.0 Å². The number of carbonyl (C=O) groups is 1. The Morgan fingerprint density at radius 2 is 1.96 bits per heavy atom. The lowest BCUT2D eigenvalue weighted by molar-refractivity contribution is -0.120. The lowest BCUT2D eigenvalue weighted by atomic mass is 10.0. The summed E-state index contributed by atoms with van der Waals surface area (Å²) in [5.41, 5.74) is 9.78. The molecule has 1 aliphatic rings. The number of aromatic nitrogens is 3. The number of nitrogens with one attached hydrogen (secondary N) is 2. The molecule has 1 amide bonds. The summed E-state index contributed by atoms with van der Waals surface area (Å²) in [6, 6.07) is 9.95. The van der Waals surface area contributed by atoms with Crippen molar-refractivity contribution in [3.63, 3.8) is 0 Å². The molecular formula is C18H17N5O2. The third-order valence-electron chi connectivity index (χ3n) is 4.20. The van der Waals surface area contributed by atoms with Crippen LogP contribution >= 0.6 is 0 Å². The average Bonchev–Trinajstić information content (AvgIpc) is 3.30. The second kappa shape index (κ2) is 6.72. The maximum Gasteiger partial charge on any atom is 0.340 e. The molecule has 0 spiro atoms. The molecule has 3 aromatic rings. The molecule has 2 aromatic heterocycles. The lowest BCUT2D eigenvalue weighted by Gasteiger charge is -2.06. The maximum absolute atomic E-state index is 12.1. The van der Waals surface area contributed by atoms with Crippen LogP contribution in [0.4, 0.5) is 6.01 Å². The molecule has 0 bridgehead atoms. The number of hydrogen-bond acceptors (Lipinski definition) is 6. The molecule has 1 aromatic carbocycles. The molecule has 25 heavy (non-hydrogen) atoms. The molecule has 2 N–H and O–H groups in total. The topological polar surface area (TPSA) is 92.9 Å². The number of pyridine rings is 1. The quantitative estimate of drug-likeness (QED) is 0.695. The minimum absolute atomic E-state index is 0.133. The molecule has 7 nitrogen and oxygen atoms in total. The highest BCUT2D eigenvalue weighted by Crippen LogP contribution is 2.23. The Morgan fingerprint density at radius 1 is 1.12 bits per heavy atom. The maximum atomic E-state index is 12.1. The van der Waals surface area contributed by atoms with E-state index in [-0.39, 0.29) is 11.9 Å². The Balaban J connectivity index is 1.34. The second-order valence-corrected chi connectivity index (χ2v) is 5.97. The van der Waals surface area contributed by atoms with Gasteiger partial charge in [0.25, 0.3) is 0 Å². The highest BCUT2D eigenvalue weighted by molar-refractivity contribution is 5.79. The Kier molecular flexibility index (Phi) is 4.12. The first-order chi connectivity index (χ1) is 12.3. The lowest BCUT2D eigenvalue weighted by Crippen LogP contribution is -2.30. The van der Waals surface area contributed by atoms with Crippen molar-refractivity contribution in [1.82, 2.24) is 20.6 Å². The summed E-state index contributed by atoms with van der Waals surface area (Å²) in [6.45, 7) is 0. The smallest absolute Gasteiger partial charge is 0.313 e. The van der Waals surface area contributed by atoms with Gasteiger partial charge < -0.3 is 4.52 Å². The Morgan fingerprint density at radius 3 is 2.84 bits per heavy atom. The number of nitrogens with zero attached hydrogens (tertiary/aromatic N) is 3. The van der Waals surface area contributed by atoms with Gasteiger partial charge in [-0.3, -0.25) is 15.2 Å². The summed E-state index contributed by atoms with van der Waals surface area (Å²) in [7, 11) is 0. The molecule has 0 fully saturated rings. The Labute approximate surface area is 144 Å². The van der Waals surface area contributed by atoms with Gasteiger partial charge in [0.2, 0.25) is 11.7 Å². The van der Waals surface area contributed by atoms with Crippen molar-refractivity contribution >= 4 is 11.9 Å². The van der Waals surface area contributed by atoms with Crippen LogP contribution in [0.1, 0.15) is 23.1 Å². The van der Waals surface area contributed by atoms with E-state index in [1.165, 1.54) is 17.5 Å². The fourth-order valence-corrected chi connectivity index (χ4v) is 2.98. The predicted octanol–water partition coefficient (Wildman–Crippen LogP) is 2.31. The third-order valence-corrected chi connectivity index (χ3v) is 4.20. The fraction of sp³-hybridized carbons (Fsp3) is 0.222. The van der Waals surface area contributed by atoms with Crippen molar-refractivity contribution in [2.45, 2.75) is 25.7 Å². The molecule has 1 aliphatic carbocycles. The summed E-state index contributed by atoms with van der Waals surface area (Å²) in [4.78, 5) is 20.2. The van der Waals surface area contributed by atoms with Crippen molar-refractivity contribution in [3.05, 3.63) is 59.4 Å². The highest BCUT2D eigenvalue weighted by atomic mass is 16.5. The van der Waals surface area contributed by atoms with Gasteiger partial charge in [0.1, 0.15) is 0 Å². The zero-order chi connectivity index (χ0) is 17.1. The standard InChI is InChI=1S/C18H17N5O2/c24-16(11-12-4-5-13-2-1-3-15(13)10-12)21-22-18-20-17(23-25-18)14-6-8-19-9-7-14/h4-10H,1-3,11H2,(H,21,24)(H,20,22,23). The average molecular weight is 335 g/mol. The van der Waals surface area contributed by atoms with Gasteiger partial charge in [-0.2, -0.15) is 4.98 Å². The number of anilines is 1. The number of aryl methyl sites for hydroxylation is 2. The normalized spacial score (nSPS) is 12.6. The molecule has 126 valence electrons. The van der Waals surface area contributed by atoms with Gasteiger partial charge in [-0.25, -0.2) is 5.43 Å². The molecule has 0 saturated heterocycles. The van der Waals surface area contributed by atoms with Gasteiger partial charge in [0.05, 0.1) is 6.42 Å². The Hall–Kier alpha value is -3.22. The molecule has 4 rings (SSSR count). The molecule has 7 heteroatoms. The van der Waals surface area contributed by atoms with Crippen LogP contribution in [0.15, 0.2) is 47.2 Å². The second-order valence-electron chi connectivity index (χ2n) is 5.97. The van der Waals surface area contributed by atoms with Crippen LogP contribution in [0.5, 0.6) is 0 Å². The first kappa shape index (κ1) is 15.3. The van der Waals surface area contributed by atoms with E-state index in [9.17, 15) is 4.79 Å². The van der Waals surface area contributed by atoms with E-state index in [4.69, 9.17) is 4.52 Å². The summed E-state index contributed by atoms with van der Waals surface area (Å²) in [6.07, 6.45) is 7.03. The Bertz CT molecular complexity index is 891. The molecule has 0 aliphatic heterocycles. The highest BCUT2D eigenvalue weighted by Gasteiger charge is 2.13. The van der Waals surface area contributed by atoms with Crippen molar-refractivity contribution in [2.75, 3.05) is 5.43 Å². The minimum Gasteiger partial charge on any atom is -0.313 e. The number of fused-ring (bicyclic) bond motifs is 1. The molecule has 0 atom stereocenters. The van der Waals surface area contributed by atoms with Crippen LogP contribution in [0, 0.1) is 0 Å². The number of amides is 1. The van der Waals surface area contributed by atoms with Crippen molar-refractivity contribution in [1.29, 1.82) is 0 Å². The third kappa shape index (κ3) is 3.50. The van der Waals surface area contributed by atoms with Crippen molar-refractivity contribution < 1.29 is 9.32 Å². The van der Waals surface area contributed by atoms with Crippen LogP contribution < -0.4 is 10.9 Å². The van der Waals surface area contributed by atoms with Gasteiger partial charge >= 0.3 is 6.01 Å². The van der Waals surface area contributed by atoms with Crippen molar-refractivity contribution in [3.8, 4) is 11.4 Å². The van der Waals surface area contributed by atoms with Gasteiger partial charge in [-0.1, -0.05) is 23.4 Å². The molecular weight excluding hydrogens is 318 g/mol. The van der Waals surface area contributed by atoms with Crippen molar-refractivity contribution in [2.24, 2.45) is 0 Å². The van der Waals surface area contributed by atoms with Crippen LogP contribution in [0.25, 0.3) is 11.4 Å². The predicted molar refractivity (Wildman–Crippen MR) is 91.5 cm³/mol. The van der Waals surface area contributed by atoms with Gasteiger partial charge in [-0.15, -0.1) is 0 Å². The summed E-state index contributed by atoms with van der Waals surface area (Å²) in [5.74, 6) is 0.263. The number of hydrogen-bond donors (Lipinski definition) is 2. The van der Waals surface area contributed by atoms with Gasteiger partial charge in [0.15, 0.2) is 0 Å². The zero-order valence-corrected chi connectivity index (χ0v) is 13.5. The minimum atomic E-state index is -0.165. The van der Waals surface area contributed by atoms with Crippen LogP contribution in [0.3, 0.4) is 0 Å². The van der Waals surface area contributed by atoms with E-state index >= 15 is 0 Å². The monoisotopic (exact) mass is 335 g/mol. The van der Waals surface area contributed by atoms with Gasteiger partial charge in [0, 0.05) is 18.0 Å². The van der Waals surface area contributed by atoms with E-state index in [2.05, 4.69) is 38.1 Å². The van der Waals surface area contributed by atoms with E-state index in [0.29, 0.717) is 12.2 Å². The molecule has 0 radical (unpaired) electrons. The van der Waals surface area contributed by atoms with Gasteiger partial charge in [-0.05, 0) is 48.1 Å². The number of carbonyl (C=O) groups excluding carboxylic acids is 1. The molecule has 0 saturated carbocycles. The van der Waals surface area contributed by atoms with E-state index in [1.54, 1.807) is 24.5 Å². The molecule has 2 heterocycles. The largest absolute Gasteiger partial charge is 0.340 e. The summed E-state index contributed by atoms with van der Waals surface area (Å²) >= 11 is 0. The zero-order valence-electron chi connectivity index (χ0n) is 13.5. The number of benzene rings is 1. The van der Waals surface area contributed by atoms with E-state index < -0.39 is 0 Å². The van der Waals surface area contributed by atoms with Crippen LogP contribution in [0.2, 0.25) is 0 Å². The fourth-order valence-electron chi connectivity index (χ4n) is 2.98. The summed E-state index contributed by atoms with van der Waals surface area (Å²) in [5, 5.41) is 3.86. The van der Waals surface area contributed by atoms with E-state index in [0.717, 1.165) is 24.0 Å². The molecule has 0 unspecified atom stereocenters. The number of hydrazine groups is 1. The first-order valence-electron chi connectivity index (χ1n) is 8.17. The first-order valence-corrected chi connectivity index (χ1v) is 8.17. The van der Waals surface area contributed by atoms with Crippen LogP contribution in [-0.2, 0) is 24.1 Å². The SMILES string of the molecule is O=C(Cc1ccc2c(c1)CCC2)NNc1nc(-c2ccncc2)no1. The summed E-state index contributed by atoms with van der Waals surface area (Å²) < 4.78 is 5.07. The number of rotatable bonds is 5.